The lowest BCUT2D eigenvalue weighted by atomic mass is 9.86. The Balaban J connectivity index is 0.00000625. The zero-order valence-electron chi connectivity index (χ0n) is 15.8. The molecule has 0 spiro atoms. The number of sulfonamides is 1. The molecule has 0 amide bonds. The Morgan fingerprint density at radius 3 is 2.35 bits per heavy atom. The average Bonchev–Trinajstić information content (AvgIpc) is 2.42. The molecule has 1 aliphatic rings. The number of sulfone groups is 1. The fraction of sp³-hybridized carbons (Fsp3) is 0.933. The summed E-state index contributed by atoms with van der Waals surface area (Å²) in [5, 5.41) is 6.14. The summed E-state index contributed by atoms with van der Waals surface area (Å²) in [6.45, 7) is 5.09. The summed E-state index contributed by atoms with van der Waals surface area (Å²) in [5.41, 5.74) is 0. The van der Waals surface area contributed by atoms with E-state index in [-0.39, 0.29) is 48.1 Å². The lowest BCUT2D eigenvalue weighted by molar-refractivity contribution is 0.316. The summed E-state index contributed by atoms with van der Waals surface area (Å²) in [4.78, 5) is 4.27. The van der Waals surface area contributed by atoms with Crippen molar-refractivity contribution in [2.45, 2.75) is 45.6 Å². The van der Waals surface area contributed by atoms with Crippen molar-refractivity contribution in [3.8, 4) is 0 Å². The third-order valence-electron chi connectivity index (χ3n) is 4.10. The monoisotopic (exact) mass is 524 g/mol. The van der Waals surface area contributed by atoms with Crippen molar-refractivity contribution in [1.82, 2.24) is 15.4 Å². The van der Waals surface area contributed by atoms with Gasteiger partial charge >= 0.3 is 0 Å². The van der Waals surface area contributed by atoms with Gasteiger partial charge in [-0.05, 0) is 39.0 Å². The van der Waals surface area contributed by atoms with Gasteiger partial charge in [0.15, 0.2) is 5.96 Å². The molecule has 1 atom stereocenters. The van der Waals surface area contributed by atoms with Crippen molar-refractivity contribution in [2.75, 3.05) is 37.4 Å². The Morgan fingerprint density at radius 2 is 1.85 bits per heavy atom. The van der Waals surface area contributed by atoms with Crippen LogP contribution in [0.25, 0.3) is 0 Å². The molecule has 1 rings (SSSR count). The fourth-order valence-corrected chi connectivity index (χ4v) is 4.06. The van der Waals surface area contributed by atoms with Gasteiger partial charge in [-0.25, -0.2) is 21.6 Å². The summed E-state index contributed by atoms with van der Waals surface area (Å²) in [7, 11) is -6.32. The second kappa shape index (κ2) is 12.3. The van der Waals surface area contributed by atoms with Crippen LogP contribution < -0.4 is 15.4 Å². The maximum atomic E-state index is 12.0. The molecule has 26 heavy (non-hydrogen) atoms. The van der Waals surface area contributed by atoms with Crippen LogP contribution in [0, 0.1) is 5.92 Å². The summed E-state index contributed by atoms with van der Waals surface area (Å²) in [6.07, 6.45) is 5.05. The highest BCUT2D eigenvalue weighted by Gasteiger charge is 2.20. The Kier molecular flexibility index (Phi) is 12.3. The van der Waals surface area contributed by atoms with Crippen molar-refractivity contribution < 1.29 is 16.8 Å². The van der Waals surface area contributed by atoms with E-state index in [0.717, 1.165) is 12.8 Å². The molecule has 1 unspecified atom stereocenters. The molecule has 1 fully saturated rings. The first-order valence-electron chi connectivity index (χ1n) is 8.81. The molecule has 8 nitrogen and oxygen atoms in total. The molecule has 1 aliphatic carbocycles. The highest BCUT2D eigenvalue weighted by Crippen LogP contribution is 2.25. The van der Waals surface area contributed by atoms with E-state index in [4.69, 9.17) is 0 Å². The number of rotatable bonds is 11. The van der Waals surface area contributed by atoms with Crippen molar-refractivity contribution >= 4 is 49.8 Å². The van der Waals surface area contributed by atoms with Crippen molar-refractivity contribution in [3.05, 3.63) is 0 Å². The molecule has 0 saturated heterocycles. The summed E-state index contributed by atoms with van der Waals surface area (Å²) in [6, 6.07) is -0.0825. The van der Waals surface area contributed by atoms with Crippen LogP contribution in [-0.4, -0.2) is 66.2 Å². The third kappa shape index (κ3) is 12.3. The number of halogens is 1. The number of hydrogen-bond donors (Lipinski definition) is 3. The fourth-order valence-electron chi connectivity index (χ4n) is 2.31. The van der Waals surface area contributed by atoms with Gasteiger partial charge in [0, 0.05) is 25.4 Å². The van der Waals surface area contributed by atoms with E-state index in [0.29, 0.717) is 31.4 Å². The van der Waals surface area contributed by atoms with E-state index >= 15 is 0 Å². The normalized spacial score (nSPS) is 17.1. The van der Waals surface area contributed by atoms with Gasteiger partial charge in [-0.1, -0.05) is 6.42 Å². The Hall–Kier alpha value is -0.140. The number of nitrogens with one attached hydrogen (secondary N) is 3. The molecule has 156 valence electrons. The smallest absolute Gasteiger partial charge is 0.213 e. The molecule has 0 aromatic rings. The molecule has 0 heterocycles. The molecule has 0 aliphatic heterocycles. The summed E-state index contributed by atoms with van der Waals surface area (Å²) in [5.74, 6) is 1.01. The van der Waals surface area contributed by atoms with E-state index in [1.165, 1.54) is 12.7 Å². The Morgan fingerprint density at radius 1 is 1.19 bits per heavy atom. The van der Waals surface area contributed by atoms with E-state index in [1.807, 2.05) is 13.8 Å². The van der Waals surface area contributed by atoms with Crippen LogP contribution in [-0.2, 0) is 19.9 Å². The molecule has 0 radical (unpaired) electrons. The molecular weight excluding hydrogens is 491 g/mol. The minimum Gasteiger partial charge on any atom is -0.357 e. The number of guanidine groups is 1. The van der Waals surface area contributed by atoms with Gasteiger partial charge < -0.3 is 10.6 Å². The van der Waals surface area contributed by atoms with Crippen LogP contribution in [0.15, 0.2) is 4.99 Å². The van der Waals surface area contributed by atoms with Gasteiger partial charge in [0.05, 0.1) is 18.1 Å². The number of hydrogen-bond acceptors (Lipinski definition) is 5. The van der Waals surface area contributed by atoms with Crippen LogP contribution in [0.4, 0.5) is 0 Å². The highest BCUT2D eigenvalue weighted by molar-refractivity contribution is 14.0. The zero-order chi connectivity index (χ0) is 18.9. The highest BCUT2D eigenvalue weighted by atomic mass is 127. The Bertz CT molecular complexity index is 634. The summed E-state index contributed by atoms with van der Waals surface area (Å²) < 4.78 is 49.0. The molecule has 0 bridgehead atoms. The van der Waals surface area contributed by atoms with Crippen molar-refractivity contribution in [2.24, 2.45) is 10.9 Å². The van der Waals surface area contributed by atoms with E-state index in [9.17, 15) is 16.8 Å². The Labute approximate surface area is 175 Å². The molecule has 0 aromatic carbocycles. The van der Waals surface area contributed by atoms with Gasteiger partial charge in [-0.2, -0.15) is 0 Å². The van der Waals surface area contributed by atoms with E-state index < -0.39 is 19.9 Å². The number of nitrogens with zero attached hydrogens (tertiary/aromatic N) is 1. The predicted molar refractivity (Wildman–Crippen MR) is 117 cm³/mol. The van der Waals surface area contributed by atoms with Gasteiger partial charge in [-0.3, -0.25) is 4.99 Å². The SMILES string of the molecule is CCNC(=NCCS(=O)(=O)NCC1CCC1)NC(C)CCS(C)(=O)=O.I. The standard InChI is InChI=1S/C15H32N4O4S2.HI/c1-4-16-15(19-13(2)8-10-24(3,20)21)17-9-11-25(22,23)18-12-14-6-5-7-14;/h13-14,18H,4-12H2,1-3H3,(H2,16,17,19);1H. The topological polar surface area (TPSA) is 117 Å². The lowest BCUT2D eigenvalue weighted by Crippen LogP contribution is -2.43. The van der Waals surface area contributed by atoms with Crippen molar-refractivity contribution in [3.63, 3.8) is 0 Å². The minimum atomic E-state index is -3.31. The first-order valence-corrected chi connectivity index (χ1v) is 12.5. The maximum Gasteiger partial charge on any atom is 0.213 e. The van der Waals surface area contributed by atoms with Crippen molar-refractivity contribution in [1.29, 1.82) is 0 Å². The number of aliphatic imine (C=N–C) groups is 1. The van der Waals surface area contributed by atoms with Gasteiger partial charge in [0.25, 0.3) is 0 Å². The first-order chi connectivity index (χ1) is 11.6. The second-order valence-electron chi connectivity index (χ2n) is 6.69. The van der Waals surface area contributed by atoms with Crippen LogP contribution in [0.2, 0.25) is 0 Å². The maximum absolute atomic E-state index is 12.0. The van der Waals surface area contributed by atoms with E-state index in [2.05, 4.69) is 20.3 Å². The molecule has 3 N–H and O–H groups in total. The minimum absolute atomic E-state index is 0. The van der Waals surface area contributed by atoms with Crippen LogP contribution in [0.5, 0.6) is 0 Å². The van der Waals surface area contributed by atoms with E-state index in [1.54, 1.807) is 0 Å². The first kappa shape index (κ1) is 25.9. The van der Waals surface area contributed by atoms with Gasteiger partial charge in [-0.15, -0.1) is 24.0 Å². The quantitative estimate of drug-likeness (QED) is 0.208. The summed E-state index contributed by atoms with van der Waals surface area (Å²) >= 11 is 0. The van der Waals surface area contributed by atoms with Gasteiger partial charge in [0.1, 0.15) is 9.84 Å². The van der Waals surface area contributed by atoms with Gasteiger partial charge in [0.2, 0.25) is 10.0 Å². The predicted octanol–water partition coefficient (Wildman–Crippen LogP) is 0.702. The third-order valence-corrected chi connectivity index (χ3v) is 6.40. The average molecular weight is 524 g/mol. The molecule has 1 saturated carbocycles. The largest absolute Gasteiger partial charge is 0.357 e. The lowest BCUT2D eigenvalue weighted by Gasteiger charge is -2.25. The molecule has 0 aromatic heterocycles. The molecule has 11 heteroatoms. The zero-order valence-corrected chi connectivity index (χ0v) is 19.8. The molecular formula is C15H33IN4O4S2. The van der Waals surface area contributed by atoms with Crippen LogP contribution >= 0.6 is 24.0 Å². The van der Waals surface area contributed by atoms with Crippen LogP contribution in [0.1, 0.15) is 39.5 Å². The second-order valence-corrected chi connectivity index (χ2v) is 10.9. The van der Waals surface area contributed by atoms with Crippen LogP contribution in [0.3, 0.4) is 0 Å².